The number of carbonyl (C=O) groups is 2. The second-order valence-electron chi connectivity index (χ2n) is 4.18. The van der Waals surface area contributed by atoms with Crippen LogP contribution in [0.2, 0.25) is 0 Å². The van der Waals surface area contributed by atoms with Crippen molar-refractivity contribution < 1.29 is 9.59 Å². The molecule has 0 spiro atoms. The van der Waals surface area contributed by atoms with Gasteiger partial charge >= 0.3 is 0 Å². The monoisotopic (exact) mass is 228 g/mol. The van der Waals surface area contributed by atoms with Crippen molar-refractivity contribution in [1.82, 2.24) is 10.6 Å². The average molecular weight is 228 g/mol. The lowest BCUT2D eigenvalue weighted by atomic mass is 10.1. The topological polar surface area (TPSA) is 58.2 Å². The highest BCUT2D eigenvalue weighted by Gasteiger charge is 2.04. The lowest BCUT2D eigenvalue weighted by Gasteiger charge is -2.09. The molecule has 94 valence electrons. The molecule has 1 unspecified atom stereocenters. The SMILES string of the molecule is CCC(C)CCNC(=O)CCCC(=O)NC. The molecule has 1 atom stereocenters. The fourth-order valence-corrected chi connectivity index (χ4v) is 1.29. The molecule has 0 aliphatic heterocycles. The van der Waals surface area contributed by atoms with Crippen molar-refractivity contribution in [2.45, 2.75) is 46.0 Å². The molecule has 2 N–H and O–H groups in total. The van der Waals surface area contributed by atoms with Gasteiger partial charge in [-0.3, -0.25) is 9.59 Å². The van der Waals surface area contributed by atoms with Crippen LogP contribution in [-0.4, -0.2) is 25.4 Å². The van der Waals surface area contributed by atoms with Gasteiger partial charge < -0.3 is 10.6 Å². The summed E-state index contributed by atoms with van der Waals surface area (Å²) in [7, 11) is 1.61. The van der Waals surface area contributed by atoms with Gasteiger partial charge in [-0.15, -0.1) is 0 Å². The van der Waals surface area contributed by atoms with E-state index in [4.69, 9.17) is 0 Å². The van der Waals surface area contributed by atoms with E-state index in [0.717, 1.165) is 19.4 Å². The van der Waals surface area contributed by atoms with Crippen molar-refractivity contribution in [2.75, 3.05) is 13.6 Å². The van der Waals surface area contributed by atoms with Gasteiger partial charge in [0.05, 0.1) is 0 Å². The van der Waals surface area contributed by atoms with Crippen LogP contribution in [0.25, 0.3) is 0 Å². The molecule has 0 saturated heterocycles. The predicted molar refractivity (Wildman–Crippen MR) is 65.0 cm³/mol. The highest BCUT2D eigenvalue weighted by Crippen LogP contribution is 2.04. The number of amides is 2. The van der Waals surface area contributed by atoms with Crippen molar-refractivity contribution in [2.24, 2.45) is 5.92 Å². The molecule has 4 heteroatoms. The summed E-state index contributed by atoms with van der Waals surface area (Å²) in [6, 6.07) is 0. The van der Waals surface area contributed by atoms with Gasteiger partial charge in [0.2, 0.25) is 11.8 Å². The zero-order valence-electron chi connectivity index (χ0n) is 10.6. The fourth-order valence-electron chi connectivity index (χ4n) is 1.29. The van der Waals surface area contributed by atoms with Gasteiger partial charge in [0.15, 0.2) is 0 Å². The molecule has 0 aromatic rings. The predicted octanol–water partition coefficient (Wildman–Crippen LogP) is 1.46. The summed E-state index contributed by atoms with van der Waals surface area (Å²) in [5, 5.41) is 5.40. The largest absolute Gasteiger partial charge is 0.359 e. The number of hydrogen-bond donors (Lipinski definition) is 2. The molecule has 4 nitrogen and oxygen atoms in total. The summed E-state index contributed by atoms with van der Waals surface area (Å²) in [6.07, 6.45) is 3.66. The zero-order valence-corrected chi connectivity index (χ0v) is 10.6. The molecule has 0 saturated carbocycles. The van der Waals surface area contributed by atoms with Gasteiger partial charge in [0.1, 0.15) is 0 Å². The Hall–Kier alpha value is -1.06. The second-order valence-corrected chi connectivity index (χ2v) is 4.18. The summed E-state index contributed by atoms with van der Waals surface area (Å²) in [6.45, 7) is 5.07. The van der Waals surface area contributed by atoms with Gasteiger partial charge in [-0.25, -0.2) is 0 Å². The molecular formula is C12H24N2O2. The molecule has 0 rings (SSSR count). The molecule has 0 aliphatic carbocycles. The van der Waals surface area contributed by atoms with Crippen molar-refractivity contribution in [3.63, 3.8) is 0 Å². The Balaban J connectivity index is 3.41. The Morgan fingerprint density at radius 3 is 2.38 bits per heavy atom. The molecule has 0 aromatic heterocycles. The standard InChI is InChI=1S/C12H24N2O2/c1-4-10(2)8-9-14-12(16)7-5-6-11(15)13-3/h10H,4-9H2,1-3H3,(H,13,15)(H,14,16). The molecule has 0 aliphatic rings. The quantitative estimate of drug-likeness (QED) is 0.660. The van der Waals surface area contributed by atoms with Crippen LogP contribution in [0.3, 0.4) is 0 Å². The molecule has 0 fully saturated rings. The van der Waals surface area contributed by atoms with Crippen LogP contribution in [0, 0.1) is 5.92 Å². The minimum Gasteiger partial charge on any atom is -0.359 e. The van der Waals surface area contributed by atoms with Crippen LogP contribution in [0.5, 0.6) is 0 Å². The van der Waals surface area contributed by atoms with Crippen LogP contribution in [0.4, 0.5) is 0 Å². The van der Waals surface area contributed by atoms with Crippen molar-refractivity contribution in [1.29, 1.82) is 0 Å². The molecule has 0 radical (unpaired) electrons. The third kappa shape index (κ3) is 8.26. The van der Waals surface area contributed by atoms with Gasteiger partial charge in [-0.05, 0) is 18.8 Å². The Morgan fingerprint density at radius 1 is 1.19 bits per heavy atom. The second kappa shape index (κ2) is 9.19. The third-order valence-corrected chi connectivity index (χ3v) is 2.74. The molecular weight excluding hydrogens is 204 g/mol. The van der Waals surface area contributed by atoms with Crippen LogP contribution in [0.15, 0.2) is 0 Å². The smallest absolute Gasteiger partial charge is 0.220 e. The Bertz CT molecular complexity index is 217. The normalized spacial score (nSPS) is 11.9. The Morgan fingerprint density at radius 2 is 1.81 bits per heavy atom. The van der Waals surface area contributed by atoms with Gasteiger partial charge in [-0.1, -0.05) is 20.3 Å². The maximum atomic E-state index is 11.3. The summed E-state index contributed by atoms with van der Waals surface area (Å²) in [5.74, 6) is 0.700. The number of nitrogens with one attached hydrogen (secondary N) is 2. The molecule has 0 bridgehead atoms. The van der Waals surface area contributed by atoms with E-state index < -0.39 is 0 Å². The van der Waals surface area contributed by atoms with E-state index in [-0.39, 0.29) is 11.8 Å². The molecule has 0 aromatic carbocycles. The van der Waals surface area contributed by atoms with E-state index in [1.165, 1.54) is 0 Å². The number of rotatable bonds is 8. The Kier molecular flexibility index (Phi) is 8.58. The molecule has 16 heavy (non-hydrogen) atoms. The summed E-state index contributed by atoms with van der Waals surface area (Å²) in [5.41, 5.74) is 0. The minimum absolute atomic E-state index is 0.00703. The number of carbonyl (C=O) groups excluding carboxylic acids is 2. The lowest BCUT2D eigenvalue weighted by molar-refractivity contribution is -0.122. The van der Waals surface area contributed by atoms with Crippen LogP contribution in [-0.2, 0) is 9.59 Å². The first kappa shape index (κ1) is 14.9. The summed E-state index contributed by atoms with van der Waals surface area (Å²) < 4.78 is 0. The summed E-state index contributed by atoms with van der Waals surface area (Å²) >= 11 is 0. The zero-order chi connectivity index (χ0) is 12.4. The van der Waals surface area contributed by atoms with Gasteiger partial charge in [0, 0.05) is 26.4 Å². The van der Waals surface area contributed by atoms with Crippen LogP contribution >= 0.6 is 0 Å². The van der Waals surface area contributed by atoms with Crippen molar-refractivity contribution in [3.05, 3.63) is 0 Å². The first-order chi connectivity index (χ1) is 7.60. The lowest BCUT2D eigenvalue weighted by Crippen LogP contribution is -2.26. The average Bonchev–Trinajstić information content (AvgIpc) is 2.28. The fraction of sp³-hybridized carbons (Fsp3) is 0.833. The van der Waals surface area contributed by atoms with E-state index in [1.807, 2.05) is 0 Å². The first-order valence-corrected chi connectivity index (χ1v) is 6.07. The van der Waals surface area contributed by atoms with Crippen molar-refractivity contribution in [3.8, 4) is 0 Å². The van der Waals surface area contributed by atoms with Gasteiger partial charge in [-0.2, -0.15) is 0 Å². The maximum absolute atomic E-state index is 11.3. The third-order valence-electron chi connectivity index (χ3n) is 2.74. The van der Waals surface area contributed by atoms with E-state index in [0.29, 0.717) is 25.2 Å². The minimum atomic E-state index is -0.00703. The van der Waals surface area contributed by atoms with E-state index in [2.05, 4.69) is 24.5 Å². The molecule has 2 amide bonds. The highest BCUT2D eigenvalue weighted by atomic mass is 16.2. The van der Waals surface area contributed by atoms with Crippen LogP contribution < -0.4 is 10.6 Å². The van der Waals surface area contributed by atoms with E-state index in [1.54, 1.807) is 7.05 Å². The van der Waals surface area contributed by atoms with E-state index >= 15 is 0 Å². The Labute approximate surface area is 98.2 Å². The van der Waals surface area contributed by atoms with Gasteiger partial charge in [0.25, 0.3) is 0 Å². The molecule has 0 heterocycles. The van der Waals surface area contributed by atoms with Crippen molar-refractivity contribution >= 4 is 11.8 Å². The first-order valence-electron chi connectivity index (χ1n) is 6.07. The summed E-state index contributed by atoms with van der Waals surface area (Å²) in [4.78, 5) is 22.2. The van der Waals surface area contributed by atoms with Crippen LogP contribution in [0.1, 0.15) is 46.0 Å². The van der Waals surface area contributed by atoms with E-state index in [9.17, 15) is 9.59 Å². The highest BCUT2D eigenvalue weighted by molar-refractivity contribution is 5.78. The maximum Gasteiger partial charge on any atom is 0.220 e. The number of hydrogen-bond acceptors (Lipinski definition) is 2.